The highest BCUT2D eigenvalue weighted by atomic mass is 32.2. The molecule has 3 N–H and O–H groups in total. The molecule has 0 aliphatic carbocycles. The van der Waals surface area contributed by atoms with Gasteiger partial charge in [0.25, 0.3) is 0 Å². The molecule has 2 rings (SSSR count). The van der Waals surface area contributed by atoms with Gasteiger partial charge in [0.2, 0.25) is 0 Å². The molecule has 1 aromatic carbocycles. The number of rotatable bonds is 4. The summed E-state index contributed by atoms with van der Waals surface area (Å²) in [6.45, 7) is 6.74. The molecule has 2 nitrogen and oxygen atoms in total. The molecule has 1 saturated heterocycles. The second-order valence-electron chi connectivity index (χ2n) is 5.56. The van der Waals surface area contributed by atoms with Crippen molar-refractivity contribution in [2.24, 2.45) is 5.84 Å². The first-order valence-corrected chi connectivity index (χ1v) is 7.70. The lowest BCUT2D eigenvalue weighted by molar-refractivity contribution is 0.404. The van der Waals surface area contributed by atoms with Crippen LogP contribution in [0.5, 0.6) is 0 Å². The van der Waals surface area contributed by atoms with Crippen LogP contribution in [-0.4, -0.2) is 16.5 Å². The van der Waals surface area contributed by atoms with Crippen molar-refractivity contribution < 1.29 is 0 Å². The van der Waals surface area contributed by atoms with E-state index in [1.807, 2.05) is 0 Å². The molecule has 0 saturated carbocycles. The Kier molecular flexibility index (Phi) is 4.36. The minimum absolute atomic E-state index is 0.281. The van der Waals surface area contributed by atoms with E-state index >= 15 is 0 Å². The Morgan fingerprint density at radius 1 is 1.39 bits per heavy atom. The van der Waals surface area contributed by atoms with Gasteiger partial charge < -0.3 is 0 Å². The van der Waals surface area contributed by atoms with Crippen LogP contribution >= 0.6 is 11.8 Å². The SMILES string of the molecule is Cc1cccc(C)c1CC(NN)C1(C)CCCS1. The van der Waals surface area contributed by atoms with Crippen molar-refractivity contribution in [1.29, 1.82) is 0 Å². The van der Waals surface area contributed by atoms with Crippen molar-refractivity contribution in [3.8, 4) is 0 Å². The smallest absolute Gasteiger partial charge is 0.0395 e. The predicted octanol–water partition coefficient (Wildman–Crippen LogP) is 2.96. The molecule has 0 amide bonds. The maximum Gasteiger partial charge on any atom is 0.0395 e. The predicted molar refractivity (Wildman–Crippen MR) is 80.8 cm³/mol. The third-order valence-corrected chi connectivity index (χ3v) is 5.88. The van der Waals surface area contributed by atoms with E-state index in [1.54, 1.807) is 0 Å². The largest absolute Gasteiger partial charge is 0.271 e. The molecule has 2 atom stereocenters. The van der Waals surface area contributed by atoms with Gasteiger partial charge in [-0.3, -0.25) is 11.3 Å². The number of benzene rings is 1. The molecule has 1 aromatic rings. The average Bonchev–Trinajstić information content (AvgIpc) is 2.77. The molecular weight excluding hydrogens is 240 g/mol. The summed E-state index contributed by atoms with van der Waals surface area (Å²) in [6.07, 6.45) is 3.60. The third-order valence-electron chi connectivity index (χ3n) is 4.24. The molecule has 18 heavy (non-hydrogen) atoms. The number of nitrogens with two attached hydrogens (primary N) is 1. The van der Waals surface area contributed by atoms with Crippen LogP contribution in [0.1, 0.15) is 36.5 Å². The van der Waals surface area contributed by atoms with Crippen molar-refractivity contribution in [2.45, 2.75) is 50.8 Å². The van der Waals surface area contributed by atoms with Crippen molar-refractivity contribution in [1.82, 2.24) is 5.43 Å². The molecule has 0 spiro atoms. The van der Waals surface area contributed by atoms with Crippen molar-refractivity contribution in [3.05, 3.63) is 34.9 Å². The number of hydrogen-bond donors (Lipinski definition) is 2. The topological polar surface area (TPSA) is 38.0 Å². The van der Waals surface area contributed by atoms with E-state index in [0.29, 0.717) is 6.04 Å². The standard InChI is InChI=1S/C15H24N2S/c1-11-6-4-7-12(2)13(11)10-14(17-16)15(3)8-5-9-18-15/h4,6-7,14,17H,5,8-10,16H2,1-3H3. The summed E-state index contributed by atoms with van der Waals surface area (Å²) in [4.78, 5) is 0. The normalized spacial score (nSPS) is 25.3. The molecule has 0 bridgehead atoms. The van der Waals surface area contributed by atoms with Gasteiger partial charge in [-0.05, 0) is 62.5 Å². The number of hydrazine groups is 1. The van der Waals surface area contributed by atoms with Gasteiger partial charge in [0.15, 0.2) is 0 Å². The van der Waals surface area contributed by atoms with E-state index in [1.165, 1.54) is 35.3 Å². The highest BCUT2D eigenvalue weighted by molar-refractivity contribution is 8.00. The summed E-state index contributed by atoms with van der Waals surface area (Å²) in [5.74, 6) is 7.09. The zero-order chi connectivity index (χ0) is 13.2. The van der Waals surface area contributed by atoms with E-state index in [-0.39, 0.29) is 4.75 Å². The van der Waals surface area contributed by atoms with E-state index in [0.717, 1.165) is 6.42 Å². The molecule has 3 heteroatoms. The summed E-state index contributed by atoms with van der Waals surface area (Å²) >= 11 is 2.07. The number of aryl methyl sites for hydroxylation is 2. The summed E-state index contributed by atoms with van der Waals surface area (Å²) in [6, 6.07) is 6.87. The maximum absolute atomic E-state index is 5.82. The quantitative estimate of drug-likeness (QED) is 0.648. The first kappa shape index (κ1) is 13.9. The molecule has 0 aromatic heterocycles. The van der Waals surface area contributed by atoms with E-state index in [9.17, 15) is 0 Å². The Hall–Kier alpha value is -0.510. The average molecular weight is 264 g/mol. The molecule has 1 aliphatic heterocycles. The van der Waals surface area contributed by atoms with Crippen LogP contribution in [0, 0.1) is 13.8 Å². The van der Waals surface area contributed by atoms with Gasteiger partial charge in [-0.2, -0.15) is 11.8 Å². The summed E-state index contributed by atoms with van der Waals surface area (Å²) in [7, 11) is 0. The van der Waals surface area contributed by atoms with Crippen LogP contribution in [0.2, 0.25) is 0 Å². The Labute approximate surface area is 115 Å². The van der Waals surface area contributed by atoms with Gasteiger partial charge in [0.05, 0.1) is 0 Å². The van der Waals surface area contributed by atoms with Crippen LogP contribution in [-0.2, 0) is 6.42 Å². The minimum Gasteiger partial charge on any atom is -0.271 e. The first-order valence-electron chi connectivity index (χ1n) is 6.72. The van der Waals surface area contributed by atoms with Gasteiger partial charge in [0.1, 0.15) is 0 Å². The lowest BCUT2D eigenvalue weighted by Crippen LogP contribution is -2.50. The molecule has 1 heterocycles. The Morgan fingerprint density at radius 3 is 2.56 bits per heavy atom. The van der Waals surface area contributed by atoms with Crippen LogP contribution in [0.3, 0.4) is 0 Å². The van der Waals surface area contributed by atoms with Crippen LogP contribution in [0.15, 0.2) is 18.2 Å². The molecule has 1 fully saturated rings. The molecular formula is C15H24N2S. The van der Waals surface area contributed by atoms with Gasteiger partial charge in [0, 0.05) is 10.8 Å². The van der Waals surface area contributed by atoms with Gasteiger partial charge in [-0.1, -0.05) is 18.2 Å². The third kappa shape index (κ3) is 2.73. The highest BCUT2D eigenvalue weighted by Gasteiger charge is 2.37. The fourth-order valence-electron chi connectivity index (χ4n) is 2.90. The Bertz CT molecular complexity index is 391. The Balaban J connectivity index is 2.20. The zero-order valence-electron chi connectivity index (χ0n) is 11.6. The van der Waals surface area contributed by atoms with Crippen LogP contribution in [0.4, 0.5) is 0 Å². The van der Waals surface area contributed by atoms with Crippen LogP contribution in [0.25, 0.3) is 0 Å². The van der Waals surface area contributed by atoms with Crippen molar-refractivity contribution >= 4 is 11.8 Å². The summed E-state index contributed by atoms with van der Waals surface area (Å²) < 4.78 is 0.281. The van der Waals surface area contributed by atoms with Gasteiger partial charge in [-0.25, -0.2) is 0 Å². The van der Waals surface area contributed by atoms with Gasteiger partial charge >= 0.3 is 0 Å². The van der Waals surface area contributed by atoms with E-state index in [2.05, 4.69) is 56.2 Å². The van der Waals surface area contributed by atoms with E-state index in [4.69, 9.17) is 5.84 Å². The Morgan fingerprint density at radius 2 is 2.06 bits per heavy atom. The lowest BCUT2D eigenvalue weighted by atomic mass is 9.88. The molecule has 1 aliphatic rings. The monoisotopic (exact) mass is 264 g/mol. The fraction of sp³-hybridized carbons (Fsp3) is 0.600. The number of hydrogen-bond acceptors (Lipinski definition) is 3. The minimum atomic E-state index is 0.281. The van der Waals surface area contributed by atoms with Crippen molar-refractivity contribution in [2.75, 3.05) is 5.75 Å². The lowest BCUT2D eigenvalue weighted by Gasteiger charge is -2.33. The first-order chi connectivity index (χ1) is 8.57. The van der Waals surface area contributed by atoms with Crippen molar-refractivity contribution in [3.63, 3.8) is 0 Å². The van der Waals surface area contributed by atoms with Crippen LogP contribution < -0.4 is 11.3 Å². The molecule has 100 valence electrons. The highest BCUT2D eigenvalue weighted by Crippen LogP contribution is 2.41. The maximum atomic E-state index is 5.82. The summed E-state index contributed by atoms with van der Waals surface area (Å²) in [5.41, 5.74) is 7.27. The van der Waals surface area contributed by atoms with E-state index < -0.39 is 0 Å². The molecule has 2 unspecified atom stereocenters. The fourth-order valence-corrected chi connectivity index (χ4v) is 4.30. The molecule has 0 radical (unpaired) electrons. The second kappa shape index (κ2) is 5.64. The zero-order valence-corrected chi connectivity index (χ0v) is 12.4. The second-order valence-corrected chi connectivity index (χ2v) is 7.19. The number of nitrogens with one attached hydrogen (secondary N) is 1. The summed E-state index contributed by atoms with van der Waals surface area (Å²) in [5, 5.41) is 0. The number of thioether (sulfide) groups is 1. The van der Waals surface area contributed by atoms with Gasteiger partial charge in [-0.15, -0.1) is 0 Å².